The Morgan fingerprint density at radius 2 is 2.05 bits per heavy atom. The SMILES string of the molecule is CCC(CCO)CNC(=O)c1ccc(CCN)cc1. The Hall–Kier alpha value is -1.39. The minimum absolute atomic E-state index is 0.0595. The molecule has 0 aliphatic carbocycles. The van der Waals surface area contributed by atoms with Gasteiger partial charge in [-0.15, -0.1) is 0 Å². The summed E-state index contributed by atoms with van der Waals surface area (Å²) in [5.41, 5.74) is 7.29. The molecule has 4 heteroatoms. The maximum absolute atomic E-state index is 11.9. The van der Waals surface area contributed by atoms with Gasteiger partial charge in [0.15, 0.2) is 0 Å². The number of aliphatic hydroxyl groups is 1. The molecule has 1 aromatic carbocycles. The van der Waals surface area contributed by atoms with Gasteiger partial charge in [0, 0.05) is 18.7 Å². The van der Waals surface area contributed by atoms with E-state index < -0.39 is 0 Å². The van der Waals surface area contributed by atoms with E-state index >= 15 is 0 Å². The molecule has 0 aromatic heterocycles. The molecular formula is C15H24N2O2. The lowest BCUT2D eigenvalue weighted by molar-refractivity contribution is 0.0943. The summed E-state index contributed by atoms with van der Waals surface area (Å²) < 4.78 is 0. The molecule has 1 unspecified atom stereocenters. The van der Waals surface area contributed by atoms with E-state index in [-0.39, 0.29) is 12.5 Å². The Labute approximate surface area is 115 Å². The predicted molar refractivity (Wildman–Crippen MR) is 77.0 cm³/mol. The number of carbonyl (C=O) groups is 1. The van der Waals surface area contributed by atoms with Crippen molar-refractivity contribution in [3.63, 3.8) is 0 Å². The van der Waals surface area contributed by atoms with Gasteiger partial charge in [-0.2, -0.15) is 0 Å². The molecule has 0 spiro atoms. The number of nitrogens with one attached hydrogen (secondary N) is 1. The summed E-state index contributed by atoms with van der Waals surface area (Å²) in [5.74, 6) is 0.279. The molecule has 1 rings (SSSR count). The number of amides is 1. The van der Waals surface area contributed by atoms with Crippen molar-refractivity contribution in [1.82, 2.24) is 5.32 Å². The van der Waals surface area contributed by atoms with Crippen LogP contribution in [-0.2, 0) is 6.42 Å². The first-order valence-electron chi connectivity index (χ1n) is 6.89. The van der Waals surface area contributed by atoms with E-state index in [0.717, 1.165) is 24.8 Å². The van der Waals surface area contributed by atoms with Crippen LogP contribution < -0.4 is 11.1 Å². The molecule has 0 heterocycles. The largest absolute Gasteiger partial charge is 0.396 e. The first-order valence-corrected chi connectivity index (χ1v) is 6.89. The van der Waals surface area contributed by atoms with Crippen molar-refractivity contribution in [2.45, 2.75) is 26.2 Å². The van der Waals surface area contributed by atoms with Gasteiger partial charge in [0.05, 0.1) is 0 Å². The average molecular weight is 264 g/mol. The van der Waals surface area contributed by atoms with Crippen LogP contribution >= 0.6 is 0 Å². The second-order valence-electron chi connectivity index (χ2n) is 4.73. The lowest BCUT2D eigenvalue weighted by Crippen LogP contribution is -2.29. The van der Waals surface area contributed by atoms with Gasteiger partial charge in [-0.1, -0.05) is 25.5 Å². The Kier molecular flexibility index (Phi) is 7.15. The third kappa shape index (κ3) is 5.41. The van der Waals surface area contributed by atoms with Gasteiger partial charge in [0.1, 0.15) is 0 Å². The first-order chi connectivity index (χ1) is 9.21. The Balaban J connectivity index is 2.48. The smallest absolute Gasteiger partial charge is 0.251 e. The lowest BCUT2D eigenvalue weighted by Gasteiger charge is -2.14. The fourth-order valence-corrected chi connectivity index (χ4v) is 1.96. The second kappa shape index (κ2) is 8.67. The van der Waals surface area contributed by atoms with Crippen molar-refractivity contribution in [1.29, 1.82) is 0 Å². The number of carbonyl (C=O) groups excluding carboxylic acids is 1. The van der Waals surface area contributed by atoms with Crippen LogP contribution in [0.25, 0.3) is 0 Å². The first kappa shape index (κ1) is 15.7. The molecule has 4 N–H and O–H groups in total. The summed E-state index contributed by atoms with van der Waals surface area (Å²) in [4.78, 5) is 11.9. The normalized spacial score (nSPS) is 12.2. The topological polar surface area (TPSA) is 75.3 Å². The Morgan fingerprint density at radius 3 is 2.58 bits per heavy atom. The highest BCUT2D eigenvalue weighted by Crippen LogP contribution is 2.08. The van der Waals surface area contributed by atoms with Crippen molar-refractivity contribution >= 4 is 5.91 Å². The average Bonchev–Trinajstić information content (AvgIpc) is 2.44. The summed E-state index contributed by atoms with van der Waals surface area (Å²) in [6.45, 7) is 3.46. The Bertz CT molecular complexity index is 376. The van der Waals surface area contributed by atoms with Crippen LogP contribution in [-0.4, -0.2) is 30.7 Å². The van der Waals surface area contributed by atoms with Crippen molar-refractivity contribution in [3.8, 4) is 0 Å². The fraction of sp³-hybridized carbons (Fsp3) is 0.533. The summed E-state index contributed by atoms with van der Waals surface area (Å²) in [5, 5.41) is 11.8. The number of rotatable bonds is 8. The van der Waals surface area contributed by atoms with Crippen LogP contribution in [0.4, 0.5) is 0 Å². The van der Waals surface area contributed by atoms with Gasteiger partial charge in [-0.25, -0.2) is 0 Å². The zero-order chi connectivity index (χ0) is 14.1. The number of benzene rings is 1. The molecule has 4 nitrogen and oxygen atoms in total. The highest BCUT2D eigenvalue weighted by molar-refractivity contribution is 5.94. The molecule has 106 valence electrons. The summed E-state index contributed by atoms with van der Waals surface area (Å²) in [7, 11) is 0. The van der Waals surface area contributed by atoms with E-state index in [4.69, 9.17) is 10.8 Å². The zero-order valence-corrected chi connectivity index (χ0v) is 11.6. The molecule has 0 aliphatic rings. The van der Waals surface area contributed by atoms with Gasteiger partial charge >= 0.3 is 0 Å². The maximum Gasteiger partial charge on any atom is 0.251 e. The summed E-state index contributed by atoms with van der Waals surface area (Å²) >= 11 is 0. The number of nitrogens with two attached hydrogens (primary N) is 1. The van der Waals surface area contributed by atoms with E-state index in [1.165, 1.54) is 0 Å². The van der Waals surface area contributed by atoms with Gasteiger partial charge in [-0.05, 0) is 43.0 Å². The van der Waals surface area contributed by atoms with Gasteiger partial charge in [0.25, 0.3) is 5.91 Å². The maximum atomic E-state index is 11.9. The molecule has 1 amide bonds. The monoisotopic (exact) mass is 264 g/mol. The van der Waals surface area contributed by atoms with Crippen molar-refractivity contribution in [2.24, 2.45) is 11.7 Å². The third-order valence-electron chi connectivity index (χ3n) is 3.32. The highest BCUT2D eigenvalue weighted by Gasteiger charge is 2.09. The standard InChI is InChI=1S/C15H24N2O2/c1-2-12(8-10-18)11-17-15(19)14-5-3-13(4-6-14)7-9-16/h3-6,12,18H,2,7-11,16H2,1H3,(H,17,19). The quantitative estimate of drug-likeness (QED) is 0.663. The number of hydrogen-bond acceptors (Lipinski definition) is 3. The van der Waals surface area contributed by atoms with E-state index in [0.29, 0.717) is 24.6 Å². The van der Waals surface area contributed by atoms with Crippen LogP contribution in [0.2, 0.25) is 0 Å². The number of hydrogen-bond donors (Lipinski definition) is 3. The molecule has 1 aromatic rings. The molecule has 0 fully saturated rings. The second-order valence-corrected chi connectivity index (χ2v) is 4.73. The molecule has 0 aliphatic heterocycles. The third-order valence-corrected chi connectivity index (χ3v) is 3.32. The lowest BCUT2D eigenvalue weighted by atomic mass is 10.0. The van der Waals surface area contributed by atoms with E-state index in [1.54, 1.807) is 0 Å². The van der Waals surface area contributed by atoms with Gasteiger partial charge < -0.3 is 16.2 Å². The minimum Gasteiger partial charge on any atom is -0.396 e. The van der Waals surface area contributed by atoms with Gasteiger partial charge in [0.2, 0.25) is 0 Å². The van der Waals surface area contributed by atoms with Crippen molar-refractivity contribution in [2.75, 3.05) is 19.7 Å². The molecule has 0 radical (unpaired) electrons. The number of aliphatic hydroxyl groups excluding tert-OH is 1. The van der Waals surface area contributed by atoms with E-state index in [9.17, 15) is 4.79 Å². The predicted octanol–water partition coefficient (Wildman–Crippen LogP) is 1.33. The molecule has 19 heavy (non-hydrogen) atoms. The van der Waals surface area contributed by atoms with E-state index in [2.05, 4.69) is 12.2 Å². The molecule has 1 atom stereocenters. The van der Waals surface area contributed by atoms with Gasteiger partial charge in [-0.3, -0.25) is 4.79 Å². The molecular weight excluding hydrogens is 240 g/mol. The van der Waals surface area contributed by atoms with Crippen LogP contribution in [0.5, 0.6) is 0 Å². The van der Waals surface area contributed by atoms with Crippen LogP contribution in [0.3, 0.4) is 0 Å². The molecule has 0 saturated carbocycles. The van der Waals surface area contributed by atoms with Crippen LogP contribution in [0.1, 0.15) is 35.7 Å². The molecule has 0 saturated heterocycles. The highest BCUT2D eigenvalue weighted by atomic mass is 16.3. The minimum atomic E-state index is -0.0595. The summed E-state index contributed by atoms with van der Waals surface area (Å²) in [6.07, 6.45) is 2.51. The van der Waals surface area contributed by atoms with E-state index in [1.807, 2.05) is 24.3 Å². The molecule has 0 bridgehead atoms. The summed E-state index contributed by atoms with van der Waals surface area (Å²) in [6, 6.07) is 7.53. The fourth-order valence-electron chi connectivity index (χ4n) is 1.96. The van der Waals surface area contributed by atoms with Crippen molar-refractivity contribution < 1.29 is 9.90 Å². The van der Waals surface area contributed by atoms with Crippen LogP contribution in [0.15, 0.2) is 24.3 Å². The van der Waals surface area contributed by atoms with Crippen LogP contribution in [0, 0.1) is 5.92 Å². The Morgan fingerprint density at radius 1 is 1.37 bits per heavy atom. The zero-order valence-electron chi connectivity index (χ0n) is 11.6. The van der Waals surface area contributed by atoms with Crippen molar-refractivity contribution in [3.05, 3.63) is 35.4 Å².